The summed E-state index contributed by atoms with van der Waals surface area (Å²) in [6, 6.07) is 7.60. The van der Waals surface area contributed by atoms with E-state index in [1.807, 2.05) is 49.1 Å². The zero-order chi connectivity index (χ0) is 14.5. The summed E-state index contributed by atoms with van der Waals surface area (Å²) in [4.78, 5) is 14.0. The Morgan fingerprint density at radius 1 is 1.25 bits per heavy atom. The van der Waals surface area contributed by atoms with Gasteiger partial charge in [-0.2, -0.15) is 0 Å². The number of nitrogens with zero attached hydrogens (tertiary/aromatic N) is 1. The molecule has 1 fully saturated rings. The SMILES string of the molecule is COc1ccc(/C=C/C(=O)N2CC(C)OC(C)C2)cc1. The molecule has 1 aliphatic heterocycles. The molecule has 1 saturated heterocycles. The Kier molecular flexibility index (Phi) is 4.79. The monoisotopic (exact) mass is 275 g/mol. The molecule has 0 bridgehead atoms. The third kappa shape index (κ3) is 3.84. The van der Waals surface area contributed by atoms with E-state index < -0.39 is 0 Å². The first-order valence-electron chi connectivity index (χ1n) is 6.85. The molecule has 1 aromatic carbocycles. The van der Waals surface area contributed by atoms with Gasteiger partial charge in [0.2, 0.25) is 5.91 Å². The molecular formula is C16H21NO3. The number of amides is 1. The van der Waals surface area contributed by atoms with Crippen LogP contribution in [0.1, 0.15) is 19.4 Å². The Morgan fingerprint density at radius 2 is 1.85 bits per heavy atom. The van der Waals surface area contributed by atoms with Crippen LogP contribution in [-0.2, 0) is 9.53 Å². The number of morpholine rings is 1. The van der Waals surface area contributed by atoms with Gasteiger partial charge in [0.1, 0.15) is 5.75 Å². The van der Waals surface area contributed by atoms with E-state index in [0.717, 1.165) is 11.3 Å². The molecule has 0 radical (unpaired) electrons. The summed E-state index contributed by atoms with van der Waals surface area (Å²) in [5.41, 5.74) is 0.980. The van der Waals surface area contributed by atoms with Gasteiger partial charge in [0.15, 0.2) is 0 Å². The van der Waals surface area contributed by atoms with Crippen molar-refractivity contribution in [3.05, 3.63) is 35.9 Å². The van der Waals surface area contributed by atoms with E-state index in [1.165, 1.54) is 0 Å². The molecule has 0 aliphatic carbocycles. The lowest BCUT2D eigenvalue weighted by molar-refractivity contribution is -0.137. The molecule has 1 aliphatic rings. The molecule has 4 heteroatoms. The van der Waals surface area contributed by atoms with E-state index in [0.29, 0.717) is 13.1 Å². The first-order chi connectivity index (χ1) is 9.58. The minimum Gasteiger partial charge on any atom is -0.497 e. The van der Waals surface area contributed by atoms with Crippen molar-refractivity contribution >= 4 is 12.0 Å². The summed E-state index contributed by atoms with van der Waals surface area (Å²) < 4.78 is 10.7. The average molecular weight is 275 g/mol. The number of carbonyl (C=O) groups excluding carboxylic acids is 1. The number of methoxy groups -OCH3 is 1. The standard InChI is InChI=1S/C16H21NO3/c1-12-10-17(11-13(2)20-12)16(18)9-6-14-4-7-15(19-3)8-5-14/h4-9,12-13H,10-11H2,1-3H3/b9-6+. The molecule has 1 aromatic rings. The van der Waals surface area contributed by atoms with Gasteiger partial charge in [-0.25, -0.2) is 0 Å². The van der Waals surface area contributed by atoms with Crippen LogP contribution in [0.15, 0.2) is 30.3 Å². The lowest BCUT2D eigenvalue weighted by atomic mass is 10.2. The lowest BCUT2D eigenvalue weighted by Crippen LogP contribution is -2.47. The Hall–Kier alpha value is -1.81. The summed E-state index contributed by atoms with van der Waals surface area (Å²) in [6.45, 7) is 5.28. The number of benzene rings is 1. The molecule has 1 heterocycles. The van der Waals surface area contributed by atoms with E-state index in [2.05, 4.69) is 0 Å². The quantitative estimate of drug-likeness (QED) is 0.795. The van der Waals surface area contributed by atoms with Crippen LogP contribution in [-0.4, -0.2) is 43.2 Å². The summed E-state index contributed by atoms with van der Waals surface area (Å²) in [7, 11) is 1.63. The molecule has 2 atom stereocenters. The summed E-state index contributed by atoms with van der Waals surface area (Å²) in [6.07, 6.45) is 3.63. The van der Waals surface area contributed by atoms with E-state index in [9.17, 15) is 4.79 Å². The predicted octanol–water partition coefficient (Wildman–Crippen LogP) is 2.34. The van der Waals surface area contributed by atoms with Crippen LogP contribution >= 0.6 is 0 Å². The van der Waals surface area contributed by atoms with Gasteiger partial charge < -0.3 is 14.4 Å². The minimum absolute atomic E-state index is 0.0304. The van der Waals surface area contributed by atoms with Crippen LogP contribution in [0.4, 0.5) is 0 Å². The highest BCUT2D eigenvalue weighted by Gasteiger charge is 2.24. The van der Waals surface area contributed by atoms with Crippen molar-refractivity contribution in [3.63, 3.8) is 0 Å². The molecule has 0 saturated carbocycles. The molecule has 20 heavy (non-hydrogen) atoms. The molecule has 2 rings (SSSR count). The minimum atomic E-state index is 0.0304. The van der Waals surface area contributed by atoms with Crippen molar-refractivity contribution in [1.82, 2.24) is 4.90 Å². The van der Waals surface area contributed by atoms with Crippen LogP contribution in [0.5, 0.6) is 5.75 Å². The second-order valence-electron chi connectivity index (χ2n) is 5.11. The molecule has 0 N–H and O–H groups in total. The number of ether oxygens (including phenoxy) is 2. The lowest BCUT2D eigenvalue weighted by Gasteiger charge is -2.34. The van der Waals surface area contributed by atoms with Crippen molar-refractivity contribution in [3.8, 4) is 5.75 Å². The second kappa shape index (κ2) is 6.57. The highest BCUT2D eigenvalue weighted by molar-refractivity contribution is 5.91. The number of hydrogen-bond acceptors (Lipinski definition) is 3. The fourth-order valence-electron chi connectivity index (χ4n) is 2.35. The molecule has 4 nitrogen and oxygen atoms in total. The first-order valence-corrected chi connectivity index (χ1v) is 6.85. The molecule has 0 aromatic heterocycles. The van der Waals surface area contributed by atoms with E-state index in [4.69, 9.17) is 9.47 Å². The highest BCUT2D eigenvalue weighted by atomic mass is 16.5. The van der Waals surface area contributed by atoms with E-state index in [1.54, 1.807) is 13.2 Å². The van der Waals surface area contributed by atoms with Gasteiger partial charge in [0.25, 0.3) is 0 Å². The number of hydrogen-bond donors (Lipinski definition) is 0. The Labute approximate surface area is 120 Å². The molecule has 2 unspecified atom stereocenters. The molecule has 1 amide bonds. The molecular weight excluding hydrogens is 254 g/mol. The largest absolute Gasteiger partial charge is 0.497 e. The van der Waals surface area contributed by atoms with Crippen molar-refractivity contribution in [2.24, 2.45) is 0 Å². The van der Waals surface area contributed by atoms with Gasteiger partial charge in [-0.05, 0) is 37.6 Å². The van der Waals surface area contributed by atoms with Gasteiger partial charge >= 0.3 is 0 Å². The summed E-state index contributed by atoms with van der Waals surface area (Å²) in [5.74, 6) is 0.840. The van der Waals surface area contributed by atoms with Crippen LogP contribution in [0.3, 0.4) is 0 Å². The van der Waals surface area contributed by atoms with Gasteiger partial charge in [-0.15, -0.1) is 0 Å². The van der Waals surface area contributed by atoms with E-state index in [-0.39, 0.29) is 18.1 Å². The van der Waals surface area contributed by atoms with Crippen molar-refractivity contribution in [1.29, 1.82) is 0 Å². The third-order valence-corrected chi connectivity index (χ3v) is 3.27. The van der Waals surface area contributed by atoms with Crippen LogP contribution in [0, 0.1) is 0 Å². The number of rotatable bonds is 3. The Balaban J connectivity index is 1.97. The van der Waals surface area contributed by atoms with Crippen molar-refractivity contribution < 1.29 is 14.3 Å². The van der Waals surface area contributed by atoms with Crippen LogP contribution in [0.2, 0.25) is 0 Å². The topological polar surface area (TPSA) is 38.8 Å². The maximum absolute atomic E-state index is 12.1. The summed E-state index contributed by atoms with van der Waals surface area (Å²) >= 11 is 0. The van der Waals surface area contributed by atoms with E-state index >= 15 is 0 Å². The smallest absolute Gasteiger partial charge is 0.246 e. The maximum atomic E-state index is 12.1. The fraction of sp³-hybridized carbons (Fsp3) is 0.438. The average Bonchev–Trinajstić information content (AvgIpc) is 2.44. The van der Waals surface area contributed by atoms with Crippen molar-refractivity contribution in [2.75, 3.05) is 20.2 Å². The van der Waals surface area contributed by atoms with Gasteiger partial charge in [-0.3, -0.25) is 4.79 Å². The zero-order valence-corrected chi connectivity index (χ0v) is 12.2. The summed E-state index contributed by atoms with van der Waals surface area (Å²) in [5, 5.41) is 0. The maximum Gasteiger partial charge on any atom is 0.246 e. The normalized spacial score (nSPS) is 23.1. The van der Waals surface area contributed by atoms with Gasteiger partial charge in [0, 0.05) is 19.2 Å². The van der Waals surface area contributed by atoms with Crippen LogP contribution < -0.4 is 4.74 Å². The molecule has 108 valence electrons. The van der Waals surface area contributed by atoms with Crippen LogP contribution in [0.25, 0.3) is 6.08 Å². The Morgan fingerprint density at radius 3 is 2.40 bits per heavy atom. The first kappa shape index (κ1) is 14.6. The number of carbonyl (C=O) groups is 1. The highest BCUT2D eigenvalue weighted by Crippen LogP contribution is 2.14. The van der Waals surface area contributed by atoms with Gasteiger partial charge in [0.05, 0.1) is 19.3 Å². The van der Waals surface area contributed by atoms with Gasteiger partial charge in [-0.1, -0.05) is 12.1 Å². The third-order valence-electron chi connectivity index (χ3n) is 3.27. The van der Waals surface area contributed by atoms with Crippen molar-refractivity contribution in [2.45, 2.75) is 26.1 Å². The molecule has 0 spiro atoms. The fourth-order valence-corrected chi connectivity index (χ4v) is 2.35. The zero-order valence-electron chi connectivity index (χ0n) is 12.2. The second-order valence-corrected chi connectivity index (χ2v) is 5.11. The predicted molar refractivity (Wildman–Crippen MR) is 78.6 cm³/mol. The Bertz CT molecular complexity index is 471.